The standard InChI is InChI=1S/C22H34N2O3/c1-27-14-20(25)23-6-4-19-18(13-23)3-2-5-24(19)21(26)22-10-15-7-16(11-22)9-17(8-15)12-22/h15-19H,2-14H2,1H3/t15?,16?,17?,18-,19+,22?/m1/s1. The third-order valence-corrected chi connectivity index (χ3v) is 8.44. The Morgan fingerprint density at radius 3 is 2.30 bits per heavy atom. The van der Waals surface area contributed by atoms with Crippen LogP contribution in [0.15, 0.2) is 0 Å². The molecule has 0 aromatic carbocycles. The van der Waals surface area contributed by atoms with Crippen LogP contribution >= 0.6 is 0 Å². The van der Waals surface area contributed by atoms with Gasteiger partial charge in [-0.15, -0.1) is 0 Å². The van der Waals surface area contributed by atoms with E-state index in [1.54, 1.807) is 7.11 Å². The minimum absolute atomic E-state index is 0.0281. The number of nitrogens with zero attached hydrogens (tertiary/aromatic N) is 2. The summed E-state index contributed by atoms with van der Waals surface area (Å²) in [5.41, 5.74) is -0.0281. The summed E-state index contributed by atoms with van der Waals surface area (Å²) in [5, 5.41) is 0. The van der Waals surface area contributed by atoms with Crippen molar-refractivity contribution in [1.29, 1.82) is 0 Å². The van der Waals surface area contributed by atoms with E-state index in [9.17, 15) is 9.59 Å². The molecule has 2 heterocycles. The summed E-state index contributed by atoms with van der Waals surface area (Å²) in [6.45, 7) is 2.69. The molecule has 4 aliphatic carbocycles. The zero-order valence-electron chi connectivity index (χ0n) is 16.7. The molecule has 27 heavy (non-hydrogen) atoms. The zero-order valence-corrected chi connectivity index (χ0v) is 16.7. The number of hydrogen-bond donors (Lipinski definition) is 0. The number of amides is 2. The van der Waals surface area contributed by atoms with Crippen molar-refractivity contribution in [3.05, 3.63) is 0 Å². The average Bonchev–Trinajstić information content (AvgIpc) is 2.65. The highest BCUT2D eigenvalue weighted by Crippen LogP contribution is 2.61. The van der Waals surface area contributed by atoms with E-state index in [2.05, 4.69) is 4.90 Å². The monoisotopic (exact) mass is 374 g/mol. The number of piperidine rings is 2. The van der Waals surface area contributed by atoms with E-state index in [4.69, 9.17) is 4.74 Å². The van der Waals surface area contributed by atoms with Crippen molar-refractivity contribution >= 4 is 11.8 Å². The first-order valence-corrected chi connectivity index (χ1v) is 11.2. The maximum absolute atomic E-state index is 13.8. The number of rotatable bonds is 3. The van der Waals surface area contributed by atoms with Gasteiger partial charge in [-0.05, 0) is 81.5 Å². The summed E-state index contributed by atoms with van der Waals surface area (Å²) in [6, 6.07) is 0.353. The van der Waals surface area contributed by atoms with Crippen LogP contribution in [-0.4, -0.2) is 61.0 Å². The Kier molecular flexibility index (Phi) is 4.49. The van der Waals surface area contributed by atoms with Gasteiger partial charge in [0.2, 0.25) is 11.8 Å². The normalized spacial score (nSPS) is 42.9. The molecule has 0 aromatic rings. The highest BCUT2D eigenvalue weighted by molar-refractivity contribution is 5.84. The van der Waals surface area contributed by atoms with Gasteiger partial charge in [-0.25, -0.2) is 0 Å². The van der Waals surface area contributed by atoms with E-state index in [0.29, 0.717) is 17.9 Å². The lowest BCUT2D eigenvalue weighted by molar-refractivity contribution is -0.165. The van der Waals surface area contributed by atoms with Gasteiger partial charge >= 0.3 is 0 Å². The minimum Gasteiger partial charge on any atom is -0.375 e. The summed E-state index contributed by atoms with van der Waals surface area (Å²) in [5.74, 6) is 3.48. The molecule has 6 rings (SSSR count). The molecule has 6 fully saturated rings. The predicted molar refractivity (Wildman–Crippen MR) is 102 cm³/mol. The average molecular weight is 375 g/mol. The summed E-state index contributed by atoms with van der Waals surface area (Å²) in [6.07, 6.45) is 10.8. The zero-order chi connectivity index (χ0) is 18.6. The Hall–Kier alpha value is -1.10. The van der Waals surface area contributed by atoms with Gasteiger partial charge in [0.25, 0.3) is 0 Å². The van der Waals surface area contributed by atoms with Crippen LogP contribution in [0.2, 0.25) is 0 Å². The van der Waals surface area contributed by atoms with E-state index in [1.165, 1.54) is 19.3 Å². The summed E-state index contributed by atoms with van der Waals surface area (Å²) >= 11 is 0. The summed E-state index contributed by atoms with van der Waals surface area (Å²) < 4.78 is 5.03. The number of carbonyl (C=O) groups excluding carboxylic acids is 2. The maximum Gasteiger partial charge on any atom is 0.248 e. The van der Waals surface area contributed by atoms with Crippen LogP contribution in [0.1, 0.15) is 57.8 Å². The smallest absolute Gasteiger partial charge is 0.248 e. The Balaban J connectivity index is 1.31. The van der Waals surface area contributed by atoms with Gasteiger partial charge in [-0.3, -0.25) is 9.59 Å². The van der Waals surface area contributed by atoms with Gasteiger partial charge in [0.05, 0.1) is 5.41 Å². The fraction of sp³-hybridized carbons (Fsp3) is 0.909. The van der Waals surface area contributed by atoms with E-state index < -0.39 is 0 Å². The third-order valence-electron chi connectivity index (χ3n) is 8.44. The second-order valence-electron chi connectivity index (χ2n) is 10.2. The number of methoxy groups -OCH3 is 1. The number of hydrogen-bond acceptors (Lipinski definition) is 3. The minimum atomic E-state index is -0.0281. The molecule has 2 aliphatic heterocycles. The fourth-order valence-corrected chi connectivity index (χ4v) is 7.77. The number of fused-ring (bicyclic) bond motifs is 1. The van der Waals surface area contributed by atoms with Gasteiger partial charge in [-0.2, -0.15) is 0 Å². The first-order valence-electron chi connectivity index (χ1n) is 11.2. The molecular formula is C22H34N2O3. The van der Waals surface area contributed by atoms with Crippen molar-refractivity contribution in [3.8, 4) is 0 Å². The molecule has 0 N–H and O–H groups in total. The Morgan fingerprint density at radius 1 is 1.00 bits per heavy atom. The summed E-state index contributed by atoms with van der Waals surface area (Å²) in [7, 11) is 1.58. The van der Waals surface area contributed by atoms with Crippen LogP contribution in [0, 0.1) is 29.1 Å². The summed E-state index contributed by atoms with van der Waals surface area (Å²) in [4.78, 5) is 30.3. The van der Waals surface area contributed by atoms with Gasteiger partial charge in [0.1, 0.15) is 6.61 Å². The van der Waals surface area contributed by atoms with Crippen molar-refractivity contribution < 1.29 is 14.3 Å². The molecule has 0 radical (unpaired) electrons. The van der Waals surface area contributed by atoms with E-state index >= 15 is 0 Å². The van der Waals surface area contributed by atoms with Gasteiger partial charge in [-0.1, -0.05) is 0 Å². The Bertz CT molecular complexity index is 583. The molecule has 5 nitrogen and oxygen atoms in total. The van der Waals surface area contributed by atoms with Gasteiger partial charge in [0, 0.05) is 32.8 Å². The van der Waals surface area contributed by atoms with E-state index in [0.717, 1.165) is 75.9 Å². The highest BCUT2D eigenvalue weighted by atomic mass is 16.5. The SMILES string of the molecule is COCC(=O)N1CC[C@H]2[C@H](CCCN2C(=O)C23CC4CC(CC(C4)C2)C3)C1. The lowest BCUT2D eigenvalue weighted by atomic mass is 9.49. The van der Waals surface area contributed by atoms with Crippen LogP contribution in [0.5, 0.6) is 0 Å². The molecule has 4 bridgehead atoms. The first-order chi connectivity index (χ1) is 13.1. The van der Waals surface area contributed by atoms with Crippen molar-refractivity contribution in [2.75, 3.05) is 33.4 Å². The van der Waals surface area contributed by atoms with Gasteiger partial charge < -0.3 is 14.5 Å². The Labute approximate surface area is 162 Å². The molecule has 150 valence electrons. The lowest BCUT2D eigenvalue weighted by Crippen LogP contribution is -2.62. The molecule has 0 spiro atoms. The second-order valence-corrected chi connectivity index (χ2v) is 10.2. The van der Waals surface area contributed by atoms with Crippen molar-refractivity contribution in [2.45, 2.75) is 63.8 Å². The largest absolute Gasteiger partial charge is 0.375 e. The molecule has 0 aromatic heterocycles. The molecule has 4 saturated carbocycles. The molecule has 0 unspecified atom stereocenters. The van der Waals surface area contributed by atoms with Crippen LogP contribution < -0.4 is 0 Å². The molecule has 2 atom stereocenters. The fourth-order valence-electron chi connectivity index (χ4n) is 7.77. The molecule has 6 aliphatic rings. The quantitative estimate of drug-likeness (QED) is 0.763. The van der Waals surface area contributed by atoms with Crippen LogP contribution in [0.25, 0.3) is 0 Å². The first kappa shape index (κ1) is 18.0. The van der Waals surface area contributed by atoms with E-state index in [1.807, 2.05) is 4.90 Å². The van der Waals surface area contributed by atoms with Crippen molar-refractivity contribution in [1.82, 2.24) is 9.80 Å². The van der Waals surface area contributed by atoms with Crippen molar-refractivity contribution in [3.63, 3.8) is 0 Å². The molecular weight excluding hydrogens is 340 g/mol. The van der Waals surface area contributed by atoms with Crippen LogP contribution in [0.3, 0.4) is 0 Å². The topological polar surface area (TPSA) is 49.9 Å². The molecule has 2 amide bonds. The molecule has 2 saturated heterocycles. The number of carbonyl (C=O) groups is 2. The van der Waals surface area contributed by atoms with Gasteiger partial charge in [0.15, 0.2) is 0 Å². The van der Waals surface area contributed by atoms with Crippen LogP contribution in [-0.2, 0) is 14.3 Å². The van der Waals surface area contributed by atoms with Crippen molar-refractivity contribution in [2.24, 2.45) is 29.1 Å². The second kappa shape index (κ2) is 6.75. The predicted octanol–water partition coefficient (Wildman–Crippen LogP) is 2.69. The van der Waals surface area contributed by atoms with Crippen LogP contribution in [0.4, 0.5) is 0 Å². The highest BCUT2D eigenvalue weighted by Gasteiger charge is 2.56. The van der Waals surface area contributed by atoms with E-state index in [-0.39, 0.29) is 17.9 Å². The Morgan fingerprint density at radius 2 is 1.67 bits per heavy atom. The lowest BCUT2D eigenvalue weighted by Gasteiger charge is -2.58. The number of likely N-dealkylation sites (tertiary alicyclic amines) is 2. The molecule has 5 heteroatoms. The maximum atomic E-state index is 13.8. The third kappa shape index (κ3) is 3.01. The number of ether oxygens (including phenoxy) is 1.